The normalized spacial score (nSPS) is 12.8. The zero-order valence-corrected chi connectivity index (χ0v) is 13.1. The topological polar surface area (TPSA) is 35.5 Å². The van der Waals surface area contributed by atoms with E-state index < -0.39 is 0 Å². The van der Waals surface area contributed by atoms with Gasteiger partial charge in [-0.05, 0) is 19.1 Å². The van der Waals surface area contributed by atoms with Crippen LogP contribution in [0.25, 0.3) is 0 Å². The molecule has 0 aliphatic heterocycles. The van der Waals surface area contributed by atoms with Crippen LogP contribution >= 0.6 is 11.8 Å². The van der Waals surface area contributed by atoms with Gasteiger partial charge in [0.25, 0.3) is 0 Å². The zero-order valence-electron chi connectivity index (χ0n) is 12.3. The largest absolute Gasteiger partial charge is 0.490 e. The highest BCUT2D eigenvalue weighted by Crippen LogP contribution is 2.23. The van der Waals surface area contributed by atoms with Crippen LogP contribution in [0.3, 0.4) is 0 Å². The first-order valence-electron chi connectivity index (χ1n) is 6.48. The van der Waals surface area contributed by atoms with Crippen LogP contribution in [0.2, 0.25) is 0 Å². The molecule has 1 aromatic carbocycles. The third-order valence-electron chi connectivity index (χ3n) is 2.24. The molecule has 3 nitrogen and oxygen atoms in total. The van der Waals surface area contributed by atoms with Gasteiger partial charge in [-0.15, -0.1) is 11.8 Å². The fraction of sp³-hybridized carbons (Fsp3) is 0.533. The lowest BCUT2D eigenvalue weighted by atomic mass is 10.3. The molecule has 0 aromatic heterocycles. The summed E-state index contributed by atoms with van der Waals surface area (Å²) in [5.74, 6) is 0.124. The van der Waals surface area contributed by atoms with E-state index in [0.717, 1.165) is 0 Å². The van der Waals surface area contributed by atoms with Crippen molar-refractivity contribution in [2.45, 2.75) is 38.5 Å². The van der Waals surface area contributed by atoms with Gasteiger partial charge in [0.05, 0.1) is 5.75 Å². The van der Waals surface area contributed by atoms with Gasteiger partial charge in [-0.3, -0.25) is 4.79 Å². The lowest BCUT2D eigenvalue weighted by Gasteiger charge is -2.18. The number of benzene rings is 1. The van der Waals surface area contributed by atoms with E-state index in [9.17, 15) is 9.18 Å². The number of thioether (sulfide) groups is 1. The molecule has 0 N–H and O–H groups in total. The van der Waals surface area contributed by atoms with Crippen molar-refractivity contribution in [1.29, 1.82) is 0 Å². The van der Waals surface area contributed by atoms with E-state index in [4.69, 9.17) is 9.47 Å². The number of hydrogen-bond acceptors (Lipinski definition) is 4. The van der Waals surface area contributed by atoms with E-state index in [-0.39, 0.29) is 29.2 Å². The molecule has 1 atom stereocenters. The first-order valence-corrected chi connectivity index (χ1v) is 7.46. The average molecular weight is 300 g/mol. The Morgan fingerprint density at radius 3 is 2.70 bits per heavy atom. The van der Waals surface area contributed by atoms with Gasteiger partial charge in [0.15, 0.2) is 0 Å². The molecule has 0 heterocycles. The van der Waals surface area contributed by atoms with Crippen molar-refractivity contribution in [2.24, 2.45) is 0 Å². The molecule has 0 radical (unpaired) electrons. The molecule has 0 saturated heterocycles. The second-order valence-electron chi connectivity index (χ2n) is 5.47. The van der Waals surface area contributed by atoms with E-state index >= 15 is 0 Å². The number of halogens is 1. The van der Waals surface area contributed by atoms with Gasteiger partial charge < -0.3 is 9.47 Å². The van der Waals surface area contributed by atoms with Crippen LogP contribution in [0.5, 0.6) is 5.75 Å². The van der Waals surface area contributed by atoms with Crippen LogP contribution in [-0.4, -0.2) is 29.2 Å². The molecule has 0 spiro atoms. The molecule has 0 aliphatic rings. The molecule has 0 aliphatic carbocycles. The highest BCUT2D eigenvalue weighted by atomic mass is 32.2. The third kappa shape index (κ3) is 7.38. The fourth-order valence-electron chi connectivity index (χ4n) is 1.34. The van der Waals surface area contributed by atoms with Crippen molar-refractivity contribution < 1.29 is 18.7 Å². The maximum Gasteiger partial charge on any atom is 0.316 e. The summed E-state index contributed by atoms with van der Waals surface area (Å²) in [4.78, 5) is 11.6. The summed E-state index contributed by atoms with van der Waals surface area (Å²) in [7, 11) is 0. The molecule has 0 saturated carbocycles. The van der Waals surface area contributed by atoms with Gasteiger partial charge in [-0.2, -0.15) is 0 Å². The molecule has 1 rings (SSSR count). The third-order valence-corrected chi connectivity index (χ3v) is 3.48. The summed E-state index contributed by atoms with van der Waals surface area (Å²) in [6.07, 6.45) is -0.369. The standard InChI is InChI=1S/C15H21FO3S/c1-11(19-14(17)10-20-15(2,3)4)9-18-13-7-5-6-12(16)8-13/h5-8,11H,9-10H2,1-4H3. The lowest BCUT2D eigenvalue weighted by molar-refractivity contribution is -0.146. The number of esters is 1. The Morgan fingerprint density at radius 2 is 2.10 bits per heavy atom. The highest BCUT2D eigenvalue weighted by Gasteiger charge is 2.16. The molecule has 112 valence electrons. The number of ether oxygens (including phenoxy) is 2. The fourth-order valence-corrected chi connectivity index (χ4v) is 1.96. The van der Waals surface area contributed by atoms with E-state index in [1.54, 1.807) is 19.1 Å². The van der Waals surface area contributed by atoms with Crippen LogP contribution in [-0.2, 0) is 9.53 Å². The van der Waals surface area contributed by atoms with Gasteiger partial charge in [0.1, 0.15) is 24.3 Å². The zero-order chi connectivity index (χ0) is 15.2. The summed E-state index contributed by atoms with van der Waals surface area (Å²) < 4.78 is 23.6. The van der Waals surface area contributed by atoms with Crippen molar-refractivity contribution in [3.63, 3.8) is 0 Å². The maximum absolute atomic E-state index is 12.9. The number of rotatable bonds is 6. The van der Waals surface area contributed by atoms with E-state index in [1.807, 2.05) is 20.8 Å². The van der Waals surface area contributed by atoms with Gasteiger partial charge >= 0.3 is 5.97 Å². The van der Waals surface area contributed by atoms with E-state index in [2.05, 4.69) is 0 Å². The lowest BCUT2D eigenvalue weighted by Crippen LogP contribution is -2.24. The summed E-state index contributed by atoms with van der Waals surface area (Å²) in [5, 5.41) is 0. The summed E-state index contributed by atoms with van der Waals surface area (Å²) in [5.41, 5.74) is 0. The highest BCUT2D eigenvalue weighted by molar-refractivity contribution is 8.01. The van der Waals surface area contributed by atoms with Crippen molar-refractivity contribution in [3.8, 4) is 5.75 Å². The maximum atomic E-state index is 12.9. The number of carbonyl (C=O) groups excluding carboxylic acids is 1. The van der Waals surface area contributed by atoms with Crippen molar-refractivity contribution in [1.82, 2.24) is 0 Å². The summed E-state index contributed by atoms with van der Waals surface area (Å²) >= 11 is 1.54. The molecule has 5 heteroatoms. The van der Waals surface area contributed by atoms with Crippen LogP contribution in [0, 0.1) is 5.82 Å². The Balaban J connectivity index is 2.29. The quantitative estimate of drug-likeness (QED) is 0.751. The second-order valence-corrected chi connectivity index (χ2v) is 7.27. The van der Waals surface area contributed by atoms with Crippen LogP contribution in [0.15, 0.2) is 24.3 Å². The Morgan fingerprint density at radius 1 is 1.40 bits per heavy atom. The minimum absolute atomic E-state index is 0.0281. The van der Waals surface area contributed by atoms with Gasteiger partial charge in [-0.25, -0.2) is 4.39 Å². The molecule has 0 amide bonds. The number of hydrogen-bond donors (Lipinski definition) is 0. The predicted octanol–water partition coefficient (Wildman–Crippen LogP) is 3.67. The van der Waals surface area contributed by atoms with Crippen molar-refractivity contribution in [3.05, 3.63) is 30.1 Å². The molecular formula is C15H21FO3S. The molecule has 0 bridgehead atoms. The summed E-state index contributed by atoms with van der Waals surface area (Å²) in [6, 6.07) is 5.87. The molecule has 1 unspecified atom stereocenters. The summed E-state index contributed by atoms with van der Waals surface area (Å²) in [6.45, 7) is 8.08. The van der Waals surface area contributed by atoms with E-state index in [0.29, 0.717) is 11.5 Å². The average Bonchev–Trinajstić information content (AvgIpc) is 2.33. The molecule has 0 fully saturated rings. The van der Waals surface area contributed by atoms with E-state index in [1.165, 1.54) is 23.9 Å². The van der Waals surface area contributed by atoms with Gasteiger partial charge in [0.2, 0.25) is 0 Å². The minimum atomic E-state index is -0.369. The Hall–Kier alpha value is -1.23. The first kappa shape index (κ1) is 16.8. The van der Waals surface area contributed by atoms with Crippen molar-refractivity contribution in [2.75, 3.05) is 12.4 Å². The first-order chi connectivity index (χ1) is 9.26. The Kier molecular flexibility index (Phi) is 6.33. The van der Waals surface area contributed by atoms with Gasteiger partial charge in [0, 0.05) is 10.8 Å². The second kappa shape index (κ2) is 7.53. The van der Waals surface area contributed by atoms with Crippen LogP contribution in [0.1, 0.15) is 27.7 Å². The minimum Gasteiger partial charge on any atom is -0.490 e. The monoisotopic (exact) mass is 300 g/mol. The Bertz CT molecular complexity index is 443. The van der Waals surface area contributed by atoms with Gasteiger partial charge in [-0.1, -0.05) is 26.8 Å². The Labute approximate surface area is 123 Å². The van der Waals surface area contributed by atoms with Crippen LogP contribution < -0.4 is 4.74 Å². The molecular weight excluding hydrogens is 279 g/mol. The smallest absolute Gasteiger partial charge is 0.316 e. The van der Waals surface area contributed by atoms with Crippen LogP contribution in [0.4, 0.5) is 4.39 Å². The van der Waals surface area contributed by atoms with Crippen molar-refractivity contribution >= 4 is 17.7 Å². The predicted molar refractivity (Wildman–Crippen MR) is 79.7 cm³/mol. The molecule has 20 heavy (non-hydrogen) atoms. The SMILES string of the molecule is CC(COc1cccc(F)c1)OC(=O)CSC(C)(C)C. The molecule has 1 aromatic rings. The number of carbonyl (C=O) groups is 1.